The zero-order chi connectivity index (χ0) is 25.2. The first-order valence-corrected chi connectivity index (χ1v) is 14.0. The number of nitrogens with zero attached hydrogens (tertiary/aromatic N) is 2. The molecule has 0 atom stereocenters. The highest BCUT2D eigenvalue weighted by molar-refractivity contribution is 7.01. The Morgan fingerprint density at radius 3 is 2.41 bits per heavy atom. The summed E-state index contributed by atoms with van der Waals surface area (Å²) in [7, 11) is 0. The highest BCUT2D eigenvalue weighted by Crippen LogP contribution is 2.41. The van der Waals surface area contributed by atoms with Crippen LogP contribution in [-0.2, 0) is 6.42 Å². The van der Waals surface area contributed by atoms with E-state index in [1.54, 1.807) is 0 Å². The van der Waals surface area contributed by atoms with Gasteiger partial charge in [0, 0.05) is 38.7 Å². The monoisotopic (exact) mass is 494 g/mol. The van der Waals surface area contributed by atoms with E-state index >= 15 is 0 Å². The minimum Gasteiger partial charge on any atom is -0.311 e. The molecule has 0 N–H and O–H groups in total. The summed E-state index contributed by atoms with van der Waals surface area (Å²) >= 11 is 0. The fraction of sp³-hybridized carbons (Fsp3) is 0.0556. The third-order valence-electron chi connectivity index (χ3n) is 9.39. The van der Waals surface area contributed by atoms with Gasteiger partial charge in [-0.05, 0) is 76.9 Å². The van der Waals surface area contributed by atoms with Crippen LogP contribution in [0.5, 0.6) is 0 Å². The molecule has 0 saturated carbocycles. The third-order valence-corrected chi connectivity index (χ3v) is 9.39. The van der Waals surface area contributed by atoms with Crippen LogP contribution in [0.25, 0.3) is 61.3 Å². The molecule has 180 valence electrons. The van der Waals surface area contributed by atoms with E-state index in [0.717, 1.165) is 12.8 Å². The molecular formula is C36H23BN2. The zero-order valence-corrected chi connectivity index (χ0v) is 21.4. The van der Waals surface area contributed by atoms with Crippen LogP contribution in [0.4, 0.5) is 0 Å². The molecule has 0 bridgehead atoms. The smallest absolute Gasteiger partial charge is 0.248 e. The van der Waals surface area contributed by atoms with Gasteiger partial charge in [0.15, 0.2) is 0 Å². The van der Waals surface area contributed by atoms with Gasteiger partial charge in [-0.25, -0.2) is 0 Å². The molecule has 0 unspecified atom stereocenters. The Morgan fingerprint density at radius 1 is 0.615 bits per heavy atom. The number of benzene rings is 5. The van der Waals surface area contributed by atoms with Crippen molar-refractivity contribution in [2.24, 2.45) is 0 Å². The van der Waals surface area contributed by atoms with Gasteiger partial charge in [0.05, 0.1) is 11.0 Å². The molecule has 3 heteroatoms. The third kappa shape index (κ3) is 2.36. The van der Waals surface area contributed by atoms with Crippen LogP contribution in [0.2, 0.25) is 0 Å². The molecule has 10 rings (SSSR count). The van der Waals surface area contributed by atoms with Crippen LogP contribution >= 0.6 is 0 Å². The number of aromatic nitrogens is 2. The van der Waals surface area contributed by atoms with Crippen LogP contribution < -0.4 is 16.4 Å². The second kappa shape index (κ2) is 7.01. The van der Waals surface area contributed by atoms with Crippen molar-refractivity contribution in [1.82, 2.24) is 9.13 Å². The fourth-order valence-electron chi connectivity index (χ4n) is 7.90. The molecule has 0 radical (unpaired) electrons. The number of aryl methyl sites for hydroxylation is 1. The van der Waals surface area contributed by atoms with Gasteiger partial charge in [-0.3, -0.25) is 0 Å². The molecule has 5 aromatic carbocycles. The molecule has 39 heavy (non-hydrogen) atoms. The van der Waals surface area contributed by atoms with Crippen molar-refractivity contribution in [3.8, 4) is 22.5 Å². The average Bonchev–Trinajstić information content (AvgIpc) is 3.63. The molecule has 0 spiro atoms. The molecule has 3 aliphatic rings. The first-order chi connectivity index (χ1) is 19.4. The summed E-state index contributed by atoms with van der Waals surface area (Å²) in [5.41, 5.74) is 16.5. The van der Waals surface area contributed by atoms with Crippen molar-refractivity contribution in [3.05, 3.63) is 120 Å². The van der Waals surface area contributed by atoms with Crippen molar-refractivity contribution >= 4 is 61.9 Å². The number of rotatable bonds is 1. The van der Waals surface area contributed by atoms with Crippen LogP contribution in [-0.4, -0.2) is 15.8 Å². The lowest BCUT2D eigenvalue weighted by Crippen LogP contribution is -2.53. The summed E-state index contributed by atoms with van der Waals surface area (Å²) < 4.78 is 5.05. The molecule has 0 fully saturated rings. The summed E-state index contributed by atoms with van der Waals surface area (Å²) in [5.74, 6) is 0. The summed E-state index contributed by atoms with van der Waals surface area (Å²) in [6, 6.07) is 38.6. The molecule has 7 aromatic rings. The van der Waals surface area contributed by atoms with Gasteiger partial charge < -0.3 is 9.13 Å². The number of allylic oxidation sites excluding steroid dienone is 1. The molecule has 4 heterocycles. The summed E-state index contributed by atoms with van der Waals surface area (Å²) in [6.45, 7) is 0.245. The quantitative estimate of drug-likeness (QED) is 0.231. The lowest BCUT2D eigenvalue weighted by Gasteiger charge is -2.26. The lowest BCUT2D eigenvalue weighted by molar-refractivity contribution is 0.969. The Bertz CT molecular complexity index is 2230. The Balaban J connectivity index is 1.43. The number of fused-ring (bicyclic) bond motifs is 12. The van der Waals surface area contributed by atoms with E-state index in [9.17, 15) is 0 Å². The molecule has 2 nitrogen and oxygen atoms in total. The van der Waals surface area contributed by atoms with E-state index in [4.69, 9.17) is 0 Å². The maximum atomic E-state index is 2.60. The minimum atomic E-state index is 0.245. The Hall–Kier alpha value is -4.76. The van der Waals surface area contributed by atoms with Gasteiger partial charge in [-0.2, -0.15) is 0 Å². The van der Waals surface area contributed by atoms with Gasteiger partial charge in [0.2, 0.25) is 6.71 Å². The molecular weight excluding hydrogens is 471 g/mol. The average molecular weight is 494 g/mol. The zero-order valence-electron chi connectivity index (χ0n) is 21.4. The Labute approximate surface area is 226 Å². The highest BCUT2D eigenvalue weighted by Gasteiger charge is 2.42. The summed E-state index contributed by atoms with van der Waals surface area (Å²) in [5, 5.41) is 4.05. The molecule has 0 saturated heterocycles. The van der Waals surface area contributed by atoms with Crippen molar-refractivity contribution in [3.63, 3.8) is 0 Å². The standard InChI is InChI=1S/C36H23BN2/c1-2-10-22(11-3-1)38-31-16-8-6-14-25(31)28-20-34-30(21-33(28)38)37-29-15-7-4-12-23(29)26-18-19-27-24-13-5-9-17-32(24)39(34)36(27)35(26)37/h1-4,6-12,14-21H,5,13H2. The lowest BCUT2D eigenvalue weighted by atomic mass is 9.37. The molecule has 0 amide bonds. The van der Waals surface area contributed by atoms with Crippen molar-refractivity contribution in [1.29, 1.82) is 0 Å². The number of hydrogen-bond donors (Lipinski definition) is 0. The SMILES string of the molecule is C1=Cc2c(c3ccc4c5c3n2-c2cc3c6ccccc6n(-c6ccccc6)c3cc2B5c2ccccc2-4)CC1. The molecule has 1 aliphatic carbocycles. The van der Waals surface area contributed by atoms with Gasteiger partial charge in [0.1, 0.15) is 0 Å². The molecule has 2 aromatic heterocycles. The van der Waals surface area contributed by atoms with E-state index in [-0.39, 0.29) is 6.71 Å². The molecule has 2 aliphatic heterocycles. The van der Waals surface area contributed by atoms with Crippen LogP contribution in [0, 0.1) is 0 Å². The van der Waals surface area contributed by atoms with E-state index in [2.05, 4.69) is 124 Å². The van der Waals surface area contributed by atoms with E-state index in [0.29, 0.717) is 0 Å². The number of para-hydroxylation sites is 2. The van der Waals surface area contributed by atoms with Crippen molar-refractivity contribution in [2.45, 2.75) is 12.8 Å². The predicted molar refractivity (Wildman–Crippen MR) is 165 cm³/mol. The minimum absolute atomic E-state index is 0.245. The Morgan fingerprint density at radius 2 is 1.46 bits per heavy atom. The number of hydrogen-bond acceptors (Lipinski definition) is 0. The van der Waals surface area contributed by atoms with E-state index < -0.39 is 0 Å². The van der Waals surface area contributed by atoms with Gasteiger partial charge in [-0.1, -0.05) is 84.3 Å². The largest absolute Gasteiger partial charge is 0.311 e. The maximum absolute atomic E-state index is 2.60. The van der Waals surface area contributed by atoms with Crippen LogP contribution in [0.3, 0.4) is 0 Å². The topological polar surface area (TPSA) is 9.86 Å². The predicted octanol–water partition coefficient (Wildman–Crippen LogP) is 6.50. The van der Waals surface area contributed by atoms with Crippen molar-refractivity contribution in [2.75, 3.05) is 0 Å². The normalized spacial score (nSPS) is 14.3. The van der Waals surface area contributed by atoms with Crippen molar-refractivity contribution < 1.29 is 0 Å². The van der Waals surface area contributed by atoms with Crippen LogP contribution in [0.15, 0.2) is 109 Å². The second-order valence-corrected chi connectivity index (χ2v) is 11.2. The van der Waals surface area contributed by atoms with Gasteiger partial charge in [-0.15, -0.1) is 0 Å². The van der Waals surface area contributed by atoms with Gasteiger partial charge in [0.25, 0.3) is 0 Å². The van der Waals surface area contributed by atoms with E-state index in [1.165, 1.54) is 82.9 Å². The second-order valence-electron chi connectivity index (χ2n) is 11.2. The fourth-order valence-corrected chi connectivity index (χ4v) is 7.90. The maximum Gasteiger partial charge on any atom is 0.248 e. The van der Waals surface area contributed by atoms with Crippen LogP contribution in [0.1, 0.15) is 17.7 Å². The summed E-state index contributed by atoms with van der Waals surface area (Å²) in [6.07, 6.45) is 6.94. The Kier molecular flexibility index (Phi) is 3.64. The first-order valence-electron chi connectivity index (χ1n) is 14.0. The van der Waals surface area contributed by atoms with E-state index in [1.807, 2.05) is 0 Å². The van der Waals surface area contributed by atoms with Gasteiger partial charge >= 0.3 is 0 Å². The summed E-state index contributed by atoms with van der Waals surface area (Å²) in [4.78, 5) is 0. The highest BCUT2D eigenvalue weighted by atomic mass is 15.0. The first kappa shape index (κ1) is 20.2.